The van der Waals surface area contributed by atoms with Gasteiger partial charge in [-0.05, 0) is 52.1 Å². The van der Waals surface area contributed by atoms with Crippen LogP contribution in [0.1, 0.15) is 30.7 Å². The van der Waals surface area contributed by atoms with Crippen molar-refractivity contribution in [1.82, 2.24) is 15.3 Å². The zero-order valence-corrected chi connectivity index (χ0v) is 10.8. The van der Waals surface area contributed by atoms with Crippen LogP contribution < -0.4 is 10.6 Å². The van der Waals surface area contributed by atoms with E-state index in [-0.39, 0.29) is 0 Å². The number of hydrogen-bond donors (Lipinski definition) is 2. The Morgan fingerprint density at radius 3 is 3.12 bits per heavy atom. The van der Waals surface area contributed by atoms with Gasteiger partial charge in [0.2, 0.25) is 0 Å². The van der Waals surface area contributed by atoms with E-state index in [1.54, 1.807) is 0 Å². The van der Waals surface area contributed by atoms with E-state index in [1.165, 1.54) is 32.4 Å². The monoisotopic (exact) mass is 234 g/mol. The van der Waals surface area contributed by atoms with Crippen LogP contribution in [-0.4, -0.2) is 29.6 Å². The maximum Gasteiger partial charge on any atom is 0.147 e. The van der Waals surface area contributed by atoms with E-state index in [0.29, 0.717) is 0 Å². The Balaban J connectivity index is 1.79. The molecule has 0 amide bonds. The summed E-state index contributed by atoms with van der Waals surface area (Å²) in [7, 11) is 0. The first-order chi connectivity index (χ1) is 8.25. The number of anilines is 1. The van der Waals surface area contributed by atoms with Gasteiger partial charge in [-0.25, -0.2) is 4.98 Å². The molecule has 4 nitrogen and oxygen atoms in total. The first-order valence-corrected chi connectivity index (χ1v) is 6.50. The van der Waals surface area contributed by atoms with Gasteiger partial charge in [0.25, 0.3) is 0 Å². The maximum absolute atomic E-state index is 4.47. The summed E-state index contributed by atoms with van der Waals surface area (Å²) in [6.07, 6.45) is 5.69. The largest absolute Gasteiger partial charge is 0.369 e. The third-order valence-corrected chi connectivity index (χ3v) is 3.32. The topological polar surface area (TPSA) is 49.8 Å². The smallest absolute Gasteiger partial charge is 0.147 e. The molecule has 4 heteroatoms. The molecule has 2 heterocycles. The molecule has 1 aliphatic rings. The van der Waals surface area contributed by atoms with Crippen LogP contribution >= 0.6 is 0 Å². The van der Waals surface area contributed by atoms with Gasteiger partial charge in [0.1, 0.15) is 5.82 Å². The predicted molar refractivity (Wildman–Crippen MR) is 70.2 cm³/mol. The number of nitrogens with one attached hydrogen (secondary N) is 2. The molecule has 1 aromatic rings. The number of nitrogens with zero attached hydrogens (tertiary/aromatic N) is 2. The minimum Gasteiger partial charge on any atom is -0.369 e. The van der Waals surface area contributed by atoms with Gasteiger partial charge in [-0.1, -0.05) is 0 Å². The van der Waals surface area contributed by atoms with Gasteiger partial charge in [0.05, 0.1) is 11.4 Å². The highest BCUT2D eigenvalue weighted by Gasteiger charge is 2.12. The van der Waals surface area contributed by atoms with Crippen LogP contribution in [0.4, 0.5) is 5.82 Å². The predicted octanol–water partition coefficient (Wildman–Crippen LogP) is 1.90. The molecule has 2 N–H and O–H groups in total. The lowest BCUT2D eigenvalue weighted by molar-refractivity contribution is 0.364. The Morgan fingerprint density at radius 1 is 1.47 bits per heavy atom. The van der Waals surface area contributed by atoms with Gasteiger partial charge < -0.3 is 10.6 Å². The summed E-state index contributed by atoms with van der Waals surface area (Å²) in [5.74, 6) is 1.75. The lowest BCUT2D eigenvalue weighted by Crippen LogP contribution is -2.30. The molecule has 0 aliphatic carbocycles. The summed E-state index contributed by atoms with van der Waals surface area (Å²) in [4.78, 5) is 8.77. The molecule has 0 spiro atoms. The van der Waals surface area contributed by atoms with Crippen LogP contribution in [0.3, 0.4) is 0 Å². The van der Waals surface area contributed by atoms with E-state index in [4.69, 9.17) is 0 Å². The van der Waals surface area contributed by atoms with Gasteiger partial charge in [-0.3, -0.25) is 4.98 Å². The molecular formula is C13H22N4. The minimum absolute atomic E-state index is 0.814. The van der Waals surface area contributed by atoms with E-state index in [9.17, 15) is 0 Å². The van der Waals surface area contributed by atoms with Crippen LogP contribution in [0.15, 0.2) is 6.20 Å². The fourth-order valence-electron chi connectivity index (χ4n) is 2.27. The summed E-state index contributed by atoms with van der Waals surface area (Å²) in [5.41, 5.74) is 1.95. The zero-order valence-electron chi connectivity index (χ0n) is 10.8. The van der Waals surface area contributed by atoms with Gasteiger partial charge >= 0.3 is 0 Å². The van der Waals surface area contributed by atoms with Crippen LogP contribution in [0.25, 0.3) is 0 Å². The number of hydrogen-bond acceptors (Lipinski definition) is 4. The molecule has 0 aromatic carbocycles. The van der Waals surface area contributed by atoms with Crippen molar-refractivity contribution in [3.05, 3.63) is 17.6 Å². The third-order valence-electron chi connectivity index (χ3n) is 3.32. The molecule has 94 valence electrons. The summed E-state index contributed by atoms with van der Waals surface area (Å²) in [5, 5.41) is 6.85. The number of aromatic nitrogens is 2. The Morgan fingerprint density at radius 2 is 2.35 bits per heavy atom. The molecule has 0 bridgehead atoms. The molecule has 1 saturated heterocycles. The fraction of sp³-hybridized carbons (Fsp3) is 0.692. The molecule has 1 atom stereocenters. The summed E-state index contributed by atoms with van der Waals surface area (Å²) < 4.78 is 0. The fourth-order valence-corrected chi connectivity index (χ4v) is 2.27. The zero-order chi connectivity index (χ0) is 12.1. The Bertz CT molecular complexity index is 358. The van der Waals surface area contributed by atoms with E-state index in [2.05, 4.69) is 20.6 Å². The van der Waals surface area contributed by atoms with Crippen molar-refractivity contribution in [1.29, 1.82) is 0 Å². The second-order valence-corrected chi connectivity index (χ2v) is 4.87. The Labute approximate surface area is 103 Å². The first-order valence-electron chi connectivity index (χ1n) is 6.50. The van der Waals surface area contributed by atoms with Crippen molar-refractivity contribution in [3.8, 4) is 0 Å². The van der Waals surface area contributed by atoms with Crippen molar-refractivity contribution in [2.24, 2.45) is 5.92 Å². The van der Waals surface area contributed by atoms with E-state index in [1.807, 2.05) is 20.0 Å². The van der Waals surface area contributed by atoms with Crippen LogP contribution in [0.2, 0.25) is 0 Å². The normalized spacial score (nSPS) is 20.2. The average molecular weight is 234 g/mol. The van der Waals surface area contributed by atoms with Gasteiger partial charge in [0.15, 0.2) is 0 Å². The second-order valence-electron chi connectivity index (χ2n) is 4.87. The van der Waals surface area contributed by atoms with E-state index < -0.39 is 0 Å². The van der Waals surface area contributed by atoms with E-state index in [0.717, 1.165) is 29.7 Å². The van der Waals surface area contributed by atoms with Gasteiger partial charge in [-0.2, -0.15) is 0 Å². The Hall–Kier alpha value is -1.16. The van der Waals surface area contributed by atoms with E-state index >= 15 is 0 Å². The maximum atomic E-state index is 4.47. The first kappa shape index (κ1) is 12.3. The number of piperidine rings is 1. The second kappa shape index (κ2) is 5.96. The van der Waals surface area contributed by atoms with Crippen molar-refractivity contribution >= 4 is 5.82 Å². The van der Waals surface area contributed by atoms with Gasteiger partial charge in [-0.15, -0.1) is 0 Å². The van der Waals surface area contributed by atoms with Crippen molar-refractivity contribution in [3.63, 3.8) is 0 Å². The molecule has 1 fully saturated rings. The molecule has 0 saturated carbocycles. The van der Waals surface area contributed by atoms with Crippen molar-refractivity contribution < 1.29 is 0 Å². The summed E-state index contributed by atoms with van der Waals surface area (Å²) in [6.45, 7) is 7.32. The molecule has 1 unspecified atom stereocenters. The quantitative estimate of drug-likeness (QED) is 0.835. The molecule has 1 aromatic heterocycles. The lowest BCUT2D eigenvalue weighted by atomic mass is 9.96. The molecule has 0 radical (unpaired) electrons. The Kier molecular flexibility index (Phi) is 4.31. The highest BCUT2D eigenvalue weighted by molar-refractivity contribution is 5.39. The molecule has 1 aliphatic heterocycles. The number of aryl methyl sites for hydroxylation is 2. The van der Waals surface area contributed by atoms with Crippen molar-refractivity contribution in [2.75, 3.05) is 25.0 Å². The SMILES string of the molecule is Cc1cnc(C)c(NCCC2CCCNC2)n1. The van der Waals surface area contributed by atoms with Crippen LogP contribution in [0.5, 0.6) is 0 Å². The molecule has 2 rings (SSSR count). The number of rotatable bonds is 4. The summed E-state index contributed by atoms with van der Waals surface area (Å²) >= 11 is 0. The lowest BCUT2D eigenvalue weighted by Gasteiger charge is -2.22. The molecular weight excluding hydrogens is 212 g/mol. The third kappa shape index (κ3) is 3.66. The standard InChI is InChI=1S/C13H22N4/c1-10-8-16-11(2)13(17-10)15-7-5-12-4-3-6-14-9-12/h8,12,14H,3-7,9H2,1-2H3,(H,15,17). The van der Waals surface area contributed by atoms with Crippen molar-refractivity contribution in [2.45, 2.75) is 33.1 Å². The van der Waals surface area contributed by atoms with Crippen LogP contribution in [0, 0.1) is 19.8 Å². The summed E-state index contributed by atoms with van der Waals surface area (Å²) in [6, 6.07) is 0. The molecule has 17 heavy (non-hydrogen) atoms. The van der Waals surface area contributed by atoms with Gasteiger partial charge in [0, 0.05) is 12.7 Å². The minimum atomic E-state index is 0.814. The highest BCUT2D eigenvalue weighted by Crippen LogP contribution is 2.15. The highest BCUT2D eigenvalue weighted by atomic mass is 15.0. The van der Waals surface area contributed by atoms with Crippen LogP contribution in [-0.2, 0) is 0 Å². The average Bonchev–Trinajstić information content (AvgIpc) is 2.35.